The molecule has 1 aliphatic heterocycles. The number of hydrogen-bond donors (Lipinski definition) is 1. The number of carbonyl (C=O) groups is 1. The molecule has 9 heteroatoms. The molecule has 0 radical (unpaired) electrons. The van der Waals surface area contributed by atoms with Crippen molar-refractivity contribution >= 4 is 22.9 Å². The molecule has 0 spiro atoms. The van der Waals surface area contributed by atoms with E-state index in [1.54, 1.807) is 31.0 Å². The van der Waals surface area contributed by atoms with E-state index in [2.05, 4.69) is 51.2 Å². The standard InChI is InChI=1S/C28H32N6O3/c1-19(2)32-13-15-33(16-14-32)22-8-6-21(7-9-22)30-28(35)23-18-27-29-12-11-24(34(27)31-23)20-5-10-25(36-3)26(17-20)37-4/h5-12,17-19H,13-16H2,1-4H3,(H,30,35). The van der Waals surface area contributed by atoms with Gasteiger partial charge in [0.05, 0.1) is 19.9 Å². The van der Waals surface area contributed by atoms with E-state index >= 15 is 0 Å². The Morgan fingerprint density at radius 3 is 2.32 bits per heavy atom. The van der Waals surface area contributed by atoms with Gasteiger partial charge in [0.25, 0.3) is 5.91 Å². The number of hydrogen-bond acceptors (Lipinski definition) is 7. The fourth-order valence-electron chi connectivity index (χ4n) is 4.67. The Kier molecular flexibility index (Phi) is 6.96. The summed E-state index contributed by atoms with van der Waals surface area (Å²) in [6.07, 6.45) is 1.70. The fraction of sp³-hybridized carbons (Fsp3) is 0.321. The lowest BCUT2D eigenvalue weighted by Crippen LogP contribution is -2.48. The van der Waals surface area contributed by atoms with Crippen molar-refractivity contribution in [3.05, 3.63) is 66.5 Å². The third kappa shape index (κ3) is 5.08. The lowest BCUT2D eigenvalue weighted by Gasteiger charge is -2.38. The highest BCUT2D eigenvalue weighted by Gasteiger charge is 2.19. The van der Waals surface area contributed by atoms with E-state index < -0.39 is 0 Å². The van der Waals surface area contributed by atoms with E-state index in [0.29, 0.717) is 23.2 Å². The van der Waals surface area contributed by atoms with Gasteiger partial charge in [-0.3, -0.25) is 9.69 Å². The van der Waals surface area contributed by atoms with Crippen LogP contribution < -0.4 is 19.7 Å². The number of nitrogens with one attached hydrogen (secondary N) is 1. The van der Waals surface area contributed by atoms with Crippen LogP contribution in [0.1, 0.15) is 24.3 Å². The van der Waals surface area contributed by atoms with Crippen LogP contribution in [-0.4, -0.2) is 71.8 Å². The number of carbonyl (C=O) groups excluding carboxylic acids is 1. The Balaban J connectivity index is 1.31. The van der Waals surface area contributed by atoms with Gasteiger partial charge in [0.2, 0.25) is 0 Å². The maximum absolute atomic E-state index is 13.0. The highest BCUT2D eigenvalue weighted by atomic mass is 16.5. The highest BCUT2D eigenvalue weighted by Crippen LogP contribution is 2.32. The first-order valence-corrected chi connectivity index (χ1v) is 12.4. The van der Waals surface area contributed by atoms with Crippen molar-refractivity contribution < 1.29 is 14.3 Å². The second-order valence-electron chi connectivity index (χ2n) is 9.32. The molecule has 4 aromatic rings. The molecule has 0 aliphatic carbocycles. The van der Waals surface area contributed by atoms with Crippen LogP contribution in [0.25, 0.3) is 16.9 Å². The highest BCUT2D eigenvalue weighted by molar-refractivity contribution is 6.03. The molecule has 1 aliphatic rings. The maximum Gasteiger partial charge on any atom is 0.276 e. The van der Waals surface area contributed by atoms with Crippen LogP contribution >= 0.6 is 0 Å². The third-order valence-electron chi connectivity index (χ3n) is 6.80. The van der Waals surface area contributed by atoms with E-state index in [1.165, 1.54) is 0 Å². The number of piperazine rings is 1. The molecule has 1 saturated heterocycles. The number of methoxy groups -OCH3 is 2. The van der Waals surface area contributed by atoms with Crippen molar-refractivity contribution in [3.8, 4) is 22.8 Å². The van der Waals surface area contributed by atoms with Crippen molar-refractivity contribution in [2.45, 2.75) is 19.9 Å². The second-order valence-corrected chi connectivity index (χ2v) is 9.32. The van der Waals surface area contributed by atoms with Crippen LogP contribution in [-0.2, 0) is 0 Å². The molecule has 1 fully saturated rings. The minimum Gasteiger partial charge on any atom is -0.493 e. The minimum absolute atomic E-state index is 0.286. The van der Waals surface area contributed by atoms with Crippen molar-refractivity contribution in [3.63, 3.8) is 0 Å². The number of nitrogens with zero attached hydrogens (tertiary/aromatic N) is 5. The lowest BCUT2D eigenvalue weighted by molar-refractivity contribution is 0.102. The van der Waals surface area contributed by atoms with Gasteiger partial charge in [0.1, 0.15) is 0 Å². The zero-order chi connectivity index (χ0) is 25.9. The summed E-state index contributed by atoms with van der Waals surface area (Å²) in [6, 6.07) is 17.7. The van der Waals surface area contributed by atoms with Crippen molar-refractivity contribution in [1.29, 1.82) is 0 Å². The zero-order valence-corrected chi connectivity index (χ0v) is 21.6. The molecule has 0 saturated carbocycles. The summed E-state index contributed by atoms with van der Waals surface area (Å²) in [5, 5.41) is 7.51. The second kappa shape index (κ2) is 10.5. The van der Waals surface area contributed by atoms with Gasteiger partial charge < -0.3 is 19.7 Å². The van der Waals surface area contributed by atoms with Gasteiger partial charge in [-0.15, -0.1) is 0 Å². The summed E-state index contributed by atoms with van der Waals surface area (Å²) in [7, 11) is 3.20. The summed E-state index contributed by atoms with van der Waals surface area (Å²) in [5.41, 5.74) is 4.40. The first-order chi connectivity index (χ1) is 18.0. The lowest BCUT2D eigenvalue weighted by atomic mass is 10.1. The molecule has 0 bridgehead atoms. The molecular weight excluding hydrogens is 468 g/mol. The van der Waals surface area contributed by atoms with E-state index in [4.69, 9.17) is 9.47 Å². The summed E-state index contributed by atoms with van der Waals surface area (Å²) in [5.74, 6) is 0.961. The molecule has 37 heavy (non-hydrogen) atoms. The maximum atomic E-state index is 13.0. The fourth-order valence-corrected chi connectivity index (χ4v) is 4.67. The molecule has 5 rings (SSSR count). The smallest absolute Gasteiger partial charge is 0.276 e. The monoisotopic (exact) mass is 500 g/mol. The number of benzene rings is 2. The molecule has 2 aromatic carbocycles. The Morgan fingerprint density at radius 2 is 1.65 bits per heavy atom. The van der Waals surface area contributed by atoms with E-state index in [1.807, 2.05) is 36.4 Å². The Labute approximate surface area is 216 Å². The number of aromatic nitrogens is 3. The van der Waals surface area contributed by atoms with E-state index in [-0.39, 0.29) is 11.6 Å². The molecule has 9 nitrogen and oxygen atoms in total. The van der Waals surface area contributed by atoms with Crippen molar-refractivity contribution in [1.82, 2.24) is 19.5 Å². The summed E-state index contributed by atoms with van der Waals surface area (Å²) >= 11 is 0. The van der Waals surface area contributed by atoms with Crippen LogP contribution in [0.5, 0.6) is 11.5 Å². The minimum atomic E-state index is -0.290. The average molecular weight is 501 g/mol. The van der Waals surface area contributed by atoms with Crippen molar-refractivity contribution in [2.75, 3.05) is 50.6 Å². The molecule has 2 aromatic heterocycles. The van der Waals surface area contributed by atoms with Gasteiger partial charge in [0.15, 0.2) is 22.8 Å². The summed E-state index contributed by atoms with van der Waals surface area (Å²) < 4.78 is 12.4. The van der Waals surface area contributed by atoms with Gasteiger partial charge in [-0.1, -0.05) is 0 Å². The van der Waals surface area contributed by atoms with Crippen molar-refractivity contribution in [2.24, 2.45) is 0 Å². The molecule has 1 N–H and O–H groups in total. The van der Waals surface area contributed by atoms with Crippen LogP contribution in [0.2, 0.25) is 0 Å². The molecule has 192 valence electrons. The molecule has 1 amide bonds. The number of fused-ring (bicyclic) bond motifs is 1. The van der Waals surface area contributed by atoms with E-state index in [9.17, 15) is 4.79 Å². The zero-order valence-electron chi connectivity index (χ0n) is 21.6. The Morgan fingerprint density at radius 1 is 0.919 bits per heavy atom. The molecular formula is C28H32N6O3. The van der Waals surface area contributed by atoms with Gasteiger partial charge in [-0.05, 0) is 62.4 Å². The summed E-state index contributed by atoms with van der Waals surface area (Å²) in [6.45, 7) is 8.60. The van der Waals surface area contributed by atoms with Crippen LogP contribution in [0.15, 0.2) is 60.8 Å². The Hall–Kier alpha value is -4.11. The van der Waals surface area contributed by atoms with Gasteiger partial charge in [0, 0.05) is 61.4 Å². The van der Waals surface area contributed by atoms with Gasteiger partial charge in [-0.2, -0.15) is 5.10 Å². The number of anilines is 2. The van der Waals surface area contributed by atoms with E-state index in [0.717, 1.165) is 48.8 Å². The predicted octanol–water partition coefficient (Wildman–Crippen LogP) is 4.20. The SMILES string of the molecule is COc1ccc(-c2ccnc3cc(C(=O)Nc4ccc(N5CCN(C(C)C)CC5)cc4)nn23)cc1OC. The summed E-state index contributed by atoms with van der Waals surface area (Å²) in [4.78, 5) is 22.3. The van der Waals surface area contributed by atoms with Crippen LogP contribution in [0.3, 0.4) is 0 Å². The third-order valence-corrected chi connectivity index (χ3v) is 6.80. The van der Waals surface area contributed by atoms with Crippen LogP contribution in [0, 0.1) is 0 Å². The normalized spacial score (nSPS) is 14.2. The molecule has 0 atom stereocenters. The quantitative estimate of drug-likeness (QED) is 0.407. The first-order valence-electron chi connectivity index (χ1n) is 12.4. The average Bonchev–Trinajstić information content (AvgIpc) is 3.38. The molecule has 3 heterocycles. The number of ether oxygens (including phenoxy) is 2. The number of amides is 1. The van der Waals surface area contributed by atoms with Crippen LogP contribution in [0.4, 0.5) is 11.4 Å². The topological polar surface area (TPSA) is 84.2 Å². The molecule has 0 unspecified atom stereocenters. The number of rotatable bonds is 7. The predicted molar refractivity (Wildman–Crippen MR) is 145 cm³/mol. The van der Waals surface area contributed by atoms with Gasteiger partial charge in [-0.25, -0.2) is 9.50 Å². The first kappa shape index (κ1) is 24.6. The van der Waals surface area contributed by atoms with Gasteiger partial charge >= 0.3 is 0 Å². The Bertz CT molecular complexity index is 1390. The largest absolute Gasteiger partial charge is 0.493 e.